The van der Waals surface area contributed by atoms with Gasteiger partial charge in [-0.05, 0) is 30.5 Å². The Morgan fingerprint density at radius 3 is 2.40 bits per heavy atom. The predicted molar refractivity (Wildman–Crippen MR) is 74.4 cm³/mol. The van der Waals surface area contributed by atoms with Gasteiger partial charge in [-0.15, -0.1) is 0 Å². The van der Waals surface area contributed by atoms with Crippen LogP contribution in [0.3, 0.4) is 0 Å². The Kier molecular flexibility index (Phi) is 6.73. The number of hydrogen-bond acceptors (Lipinski definition) is 3. The first-order valence-electron chi connectivity index (χ1n) is 6.85. The van der Waals surface area contributed by atoms with Crippen LogP contribution in [0.4, 0.5) is 0 Å². The third kappa shape index (κ3) is 6.33. The summed E-state index contributed by atoms with van der Waals surface area (Å²) in [4.78, 5) is 23.6. The molecule has 110 valence electrons. The number of nitrogens with one attached hydrogen (secondary N) is 2. The highest BCUT2D eigenvalue weighted by Gasteiger charge is 2.05. The highest BCUT2D eigenvalue weighted by atomic mass is 16.4. The minimum Gasteiger partial charge on any atom is -0.550 e. The molecule has 1 rings (SSSR count). The first-order valence-corrected chi connectivity index (χ1v) is 6.85. The first kappa shape index (κ1) is 16.2. The number of carboxylic acid groups (broad SMARTS) is 1. The van der Waals surface area contributed by atoms with E-state index in [-0.39, 0.29) is 12.3 Å². The summed E-state index contributed by atoms with van der Waals surface area (Å²) in [7, 11) is 4.15. The van der Waals surface area contributed by atoms with Crippen LogP contribution in [-0.2, 0) is 11.2 Å². The molecule has 0 atom stereocenters. The van der Waals surface area contributed by atoms with Crippen molar-refractivity contribution in [3.05, 3.63) is 35.4 Å². The van der Waals surface area contributed by atoms with Crippen LogP contribution in [0.1, 0.15) is 28.8 Å². The fourth-order valence-electron chi connectivity index (χ4n) is 1.82. The first-order chi connectivity index (χ1) is 9.49. The van der Waals surface area contributed by atoms with E-state index < -0.39 is 5.97 Å². The van der Waals surface area contributed by atoms with Crippen molar-refractivity contribution in [2.75, 3.05) is 27.2 Å². The van der Waals surface area contributed by atoms with Gasteiger partial charge in [-0.25, -0.2) is 0 Å². The van der Waals surface area contributed by atoms with Gasteiger partial charge in [0.05, 0.1) is 20.6 Å². The summed E-state index contributed by atoms with van der Waals surface area (Å²) in [5, 5.41) is 13.2. The molecule has 0 saturated carbocycles. The van der Waals surface area contributed by atoms with Gasteiger partial charge in [0.2, 0.25) is 0 Å². The Bertz CT molecular complexity index is 441. The molecule has 20 heavy (non-hydrogen) atoms. The second-order valence-corrected chi connectivity index (χ2v) is 5.14. The molecule has 0 aliphatic heterocycles. The average Bonchev–Trinajstić information content (AvgIpc) is 2.41. The van der Waals surface area contributed by atoms with Crippen LogP contribution < -0.4 is 15.3 Å². The van der Waals surface area contributed by atoms with Gasteiger partial charge in [0.15, 0.2) is 0 Å². The van der Waals surface area contributed by atoms with Crippen molar-refractivity contribution in [1.82, 2.24) is 5.32 Å². The zero-order valence-corrected chi connectivity index (χ0v) is 12.1. The number of carbonyl (C=O) groups excluding carboxylic acids is 2. The molecule has 0 aliphatic rings. The van der Waals surface area contributed by atoms with E-state index >= 15 is 0 Å². The molecule has 0 radical (unpaired) electrons. The van der Waals surface area contributed by atoms with Crippen LogP contribution in [-0.4, -0.2) is 39.1 Å². The number of hydrogen-bond donors (Lipinski definition) is 2. The van der Waals surface area contributed by atoms with Gasteiger partial charge in [-0.3, -0.25) is 4.79 Å². The van der Waals surface area contributed by atoms with Gasteiger partial charge in [-0.1, -0.05) is 12.1 Å². The zero-order chi connectivity index (χ0) is 15.0. The molecule has 2 N–H and O–H groups in total. The highest BCUT2D eigenvalue weighted by molar-refractivity contribution is 5.94. The summed E-state index contributed by atoms with van der Waals surface area (Å²) in [6.45, 7) is 1.68. The fourth-order valence-corrected chi connectivity index (χ4v) is 1.82. The van der Waals surface area contributed by atoms with E-state index in [2.05, 4.69) is 19.4 Å². The Balaban J connectivity index is 2.39. The molecule has 0 fully saturated rings. The van der Waals surface area contributed by atoms with Crippen molar-refractivity contribution >= 4 is 11.9 Å². The monoisotopic (exact) mass is 278 g/mol. The summed E-state index contributed by atoms with van der Waals surface area (Å²) in [6.07, 6.45) is 1.37. The molecule has 0 bridgehead atoms. The summed E-state index contributed by atoms with van der Waals surface area (Å²) in [6, 6.07) is 7.00. The smallest absolute Gasteiger partial charge is 0.251 e. The molecule has 5 heteroatoms. The number of quaternary nitrogens is 1. The molecule has 0 spiro atoms. The zero-order valence-electron chi connectivity index (χ0n) is 12.1. The predicted octanol–water partition coefficient (Wildman–Crippen LogP) is -1.37. The van der Waals surface area contributed by atoms with Gasteiger partial charge in [0.1, 0.15) is 0 Å². The molecule has 0 aromatic heterocycles. The fraction of sp³-hybridized carbons (Fsp3) is 0.467. The molecule has 0 heterocycles. The maximum absolute atomic E-state index is 11.8. The van der Waals surface area contributed by atoms with E-state index in [9.17, 15) is 14.7 Å². The molecule has 1 aromatic carbocycles. The second-order valence-electron chi connectivity index (χ2n) is 5.14. The van der Waals surface area contributed by atoms with Gasteiger partial charge in [0, 0.05) is 24.5 Å². The maximum atomic E-state index is 11.8. The van der Waals surface area contributed by atoms with Crippen molar-refractivity contribution in [2.24, 2.45) is 0 Å². The Morgan fingerprint density at radius 2 is 1.85 bits per heavy atom. The largest absolute Gasteiger partial charge is 0.550 e. The minimum atomic E-state index is -1.06. The van der Waals surface area contributed by atoms with Crippen molar-refractivity contribution < 1.29 is 19.6 Å². The molecule has 0 saturated heterocycles. The lowest BCUT2D eigenvalue weighted by molar-refractivity contribution is -0.858. The summed E-state index contributed by atoms with van der Waals surface area (Å²) < 4.78 is 0. The average molecular weight is 278 g/mol. The Labute approximate surface area is 119 Å². The van der Waals surface area contributed by atoms with Crippen molar-refractivity contribution in [1.29, 1.82) is 0 Å². The van der Waals surface area contributed by atoms with E-state index in [4.69, 9.17) is 0 Å². The topological polar surface area (TPSA) is 73.7 Å². The van der Waals surface area contributed by atoms with Gasteiger partial charge in [-0.2, -0.15) is 0 Å². The van der Waals surface area contributed by atoms with Crippen LogP contribution >= 0.6 is 0 Å². The Hall–Kier alpha value is -1.88. The quantitative estimate of drug-likeness (QED) is 0.577. The van der Waals surface area contributed by atoms with Crippen LogP contribution in [0.25, 0.3) is 0 Å². The van der Waals surface area contributed by atoms with Crippen molar-refractivity contribution in [3.63, 3.8) is 0 Å². The molecule has 0 aliphatic carbocycles. The molecule has 1 aromatic rings. The van der Waals surface area contributed by atoms with E-state index in [0.29, 0.717) is 18.5 Å². The lowest BCUT2D eigenvalue weighted by atomic mass is 10.1. The highest BCUT2D eigenvalue weighted by Crippen LogP contribution is 2.06. The third-order valence-electron chi connectivity index (χ3n) is 2.97. The normalized spacial score (nSPS) is 10.6. The second kappa shape index (κ2) is 8.32. The van der Waals surface area contributed by atoms with Gasteiger partial charge < -0.3 is 20.1 Å². The number of benzene rings is 1. The van der Waals surface area contributed by atoms with Crippen LogP contribution in [0.15, 0.2) is 24.3 Å². The van der Waals surface area contributed by atoms with E-state index in [1.54, 1.807) is 24.3 Å². The van der Waals surface area contributed by atoms with Crippen molar-refractivity contribution in [3.8, 4) is 0 Å². The number of aliphatic carboxylic acids is 1. The third-order valence-corrected chi connectivity index (χ3v) is 2.97. The standard InChI is InChI=1S/C15H22N2O3/c1-17(2)11-3-10-16-15(20)13-7-4-12(5-8-13)6-9-14(18)19/h4-5,7-8H,3,6,9-11H2,1-2H3,(H,16,20)(H,18,19). The Morgan fingerprint density at radius 1 is 1.20 bits per heavy atom. The molecular formula is C15H22N2O3. The van der Waals surface area contributed by atoms with Gasteiger partial charge >= 0.3 is 0 Å². The lowest BCUT2D eigenvalue weighted by Gasteiger charge is -2.08. The minimum absolute atomic E-state index is 0.00158. The summed E-state index contributed by atoms with van der Waals surface area (Å²) in [5.74, 6) is -1.15. The summed E-state index contributed by atoms with van der Waals surface area (Å²) >= 11 is 0. The van der Waals surface area contributed by atoms with Crippen LogP contribution in [0, 0.1) is 0 Å². The number of amides is 1. The lowest BCUT2D eigenvalue weighted by Crippen LogP contribution is -3.05. The molecule has 5 nitrogen and oxygen atoms in total. The van der Waals surface area contributed by atoms with Crippen LogP contribution in [0.2, 0.25) is 0 Å². The van der Waals surface area contributed by atoms with E-state index in [0.717, 1.165) is 18.5 Å². The maximum Gasteiger partial charge on any atom is 0.251 e. The molecular weight excluding hydrogens is 256 g/mol. The number of carboxylic acids is 1. The number of aryl methyl sites for hydroxylation is 1. The van der Waals surface area contributed by atoms with Crippen LogP contribution in [0.5, 0.6) is 0 Å². The molecule has 0 unspecified atom stereocenters. The van der Waals surface area contributed by atoms with Gasteiger partial charge in [0.25, 0.3) is 5.91 Å². The van der Waals surface area contributed by atoms with Crippen molar-refractivity contribution in [2.45, 2.75) is 19.3 Å². The van der Waals surface area contributed by atoms with E-state index in [1.807, 2.05) is 0 Å². The van der Waals surface area contributed by atoms with E-state index in [1.165, 1.54) is 4.90 Å². The molecule has 1 amide bonds. The SMILES string of the molecule is C[NH+](C)CCCNC(=O)c1ccc(CCC(=O)[O-])cc1. The summed E-state index contributed by atoms with van der Waals surface area (Å²) in [5.41, 5.74) is 1.49. The number of rotatable bonds is 8. The number of carbonyl (C=O) groups is 2.